The summed E-state index contributed by atoms with van der Waals surface area (Å²) in [6.45, 7) is 3.96. The number of carbonyl (C=O) groups excluding carboxylic acids is 2. The Morgan fingerprint density at radius 2 is 1.67 bits per heavy atom. The lowest BCUT2D eigenvalue weighted by Crippen LogP contribution is -2.64. The molecule has 4 heterocycles. The summed E-state index contributed by atoms with van der Waals surface area (Å²) in [4.78, 5) is 39.0. The fourth-order valence-electron chi connectivity index (χ4n) is 4.23. The predicted octanol–water partition coefficient (Wildman–Crippen LogP) is 3.63. The Balaban J connectivity index is 1.10. The highest BCUT2D eigenvalue weighted by Gasteiger charge is 2.37. The van der Waals surface area contributed by atoms with Crippen molar-refractivity contribution in [1.82, 2.24) is 24.7 Å². The highest BCUT2D eigenvalue weighted by molar-refractivity contribution is 7.07. The topological polar surface area (TPSA) is 78.9 Å². The van der Waals surface area contributed by atoms with E-state index < -0.39 is 11.7 Å². The summed E-state index contributed by atoms with van der Waals surface area (Å²) >= 11 is 1.40. The maximum absolute atomic E-state index is 12.9. The van der Waals surface area contributed by atoms with Gasteiger partial charge in [0.2, 0.25) is 5.88 Å². The third kappa shape index (κ3) is 5.19. The van der Waals surface area contributed by atoms with Crippen LogP contribution in [0.3, 0.4) is 0 Å². The molecule has 188 valence electrons. The minimum Gasteiger partial charge on any atom is -0.439 e. The van der Waals surface area contributed by atoms with E-state index in [-0.39, 0.29) is 29.5 Å². The van der Waals surface area contributed by atoms with Gasteiger partial charge in [0.05, 0.1) is 11.1 Å². The second kappa shape index (κ2) is 9.86. The third-order valence-corrected chi connectivity index (χ3v) is 6.89. The van der Waals surface area contributed by atoms with Gasteiger partial charge in [0.15, 0.2) is 0 Å². The van der Waals surface area contributed by atoms with Gasteiger partial charge in [0, 0.05) is 68.5 Å². The van der Waals surface area contributed by atoms with Gasteiger partial charge in [-0.25, -0.2) is 9.97 Å². The molecule has 2 aliphatic rings. The standard InChI is InChI=1S/C24H22F3N5O3S/c25-24(26,27)17-5-6-28-21(11-17)35-19-3-1-16(2-4-19)22(33)32-12-18(13-32)30-7-9-31(10-8-30)23(34)20-14-36-15-29-20/h1-6,11,14-15,18H,7-10,12-13H2. The number of thiazole rings is 1. The van der Waals surface area contributed by atoms with Gasteiger partial charge in [-0.05, 0) is 30.3 Å². The number of carbonyl (C=O) groups is 2. The van der Waals surface area contributed by atoms with E-state index in [1.807, 2.05) is 4.90 Å². The molecule has 2 saturated heterocycles. The number of aromatic nitrogens is 2. The quantitative estimate of drug-likeness (QED) is 0.515. The zero-order valence-corrected chi connectivity index (χ0v) is 19.8. The van der Waals surface area contributed by atoms with Crippen molar-refractivity contribution in [3.05, 3.63) is 70.3 Å². The summed E-state index contributed by atoms with van der Waals surface area (Å²) in [5.74, 6) is -0.0577. The van der Waals surface area contributed by atoms with Crippen LogP contribution in [0.5, 0.6) is 11.6 Å². The fraction of sp³-hybridized carbons (Fsp3) is 0.333. The van der Waals surface area contributed by atoms with Crippen LogP contribution in [0.25, 0.3) is 0 Å². The second-order valence-corrected chi connectivity index (χ2v) is 9.29. The minimum absolute atomic E-state index is 0.0439. The first-order valence-corrected chi connectivity index (χ1v) is 12.2. The van der Waals surface area contributed by atoms with Crippen molar-refractivity contribution in [3.63, 3.8) is 0 Å². The van der Waals surface area contributed by atoms with Crippen LogP contribution in [0.15, 0.2) is 53.5 Å². The molecule has 12 heteroatoms. The predicted molar refractivity (Wildman–Crippen MR) is 125 cm³/mol. The molecule has 0 atom stereocenters. The third-order valence-electron chi connectivity index (χ3n) is 6.30. The Kier molecular flexibility index (Phi) is 6.63. The lowest BCUT2D eigenvalue weighted by atomic mass is 10.0. The zero-order valence-electron chi connectivity index (χ0n) is 19.0. The molecule has 0 radical (unpaired) electrons. The number of halogens is 3. The number of piperazine rings is 1. The van der Waals surface area contributed by atoms with Gasteiger partial charge in [0.1, 0.15) is 11.4 Å². The minimum atomic E-state index is -4.49. The molecule has 0 N–H and O–H groups in total. The Labute approximate surface area is 208 Å². The average molecular weight is 518 g/mol. The van der Waals surface area contributed by atoms with Gasteiger partial charge in [-0.1, -0.05) is 0 Å². The van der Waals surface area contributed by atoms with Crippen molar-refractivity contribution in [2.75, 3.05) is 39.3 Å². The fourth-order valence-corrected chi connectivity index (χ4v) is 4.76. The molecule has 3 aromatic rings. The smallest absolute Gasteiger partial charge is 0.416 e. The van der Waals surface area contributed by atoms with Crippen LogP contribution in [0, 0.1) is 0 Å². The van der Waals surface area contributed by atoms with E-state index in [0.717, 1.165) is 31.4 Å². The van der Waals surface area contributed by atoms with Crippen molar-refractivity contribution < 1.29 is 27.5 Å². The first-order valence-electron chi connectivity index (χ1n) is 11.3. The van der Waals surface area contributed by atoms with E-state index in [4.69, 9.17) is 4.74 Å². The largest absolute Gasteiger partial charge is 0.439 e. The van der Waals surface area contributed by atoms with Crippen molar-refractivity contribution in [2.45, 2.75) is 12.2 Å². The van der Waals surface area contributed by atoms with E-state index in [2.05, 4.69) is 14.9 Å². The van der Waals surface area contributed by atoms with Gasteiger partial charge < -0.3 is 14.5 Å². The second-order valence-electron chi connectivity index (χ2n) is 8.57. The van der Waals surface area contributed by atoms with Crippen molar-refractivity contribution in [1.29, 1.82) is 0 Å². The Hall–Kier alpha value is -3.51. The van der Waals surface area contributed by atoms with Crippen LogP contribution in [0.4, 0.5) is 13.2 Å². The number of ether oxygens (including phenoxy) is 1. The average Bonchev–Trinajstić information content (AvgIpc) is 3.38. The Morgan fingerprint density at radius 3 is 2.31 bits per heavy atom. The molecule has 2 fully saturated rings. The normalized spacial score (nSPS) is 17.1. The van der Waals surface area contributed by atoms with Gasteiger partial charge >= 0.3 is 6.18 Å². The number of nitrogens with zero attached hydrogens (tertiary/aromatic N) is 5. The van der Waals surface area contributed by atoms with Crippen molar-refractivity contribution >= 4 is 23.2 Å². The summed E-state index contributed by atoms with van der Waals surface area (Å²) < 4.78 is 44.0. The molecular formula is C24H22F3N5O3S. The lowest BCUT2D eigenvalue weighted by molar-refractivity contribution is -0.137. The van der Waals surface area contributed by atoms with Gasteiger partial charge in [-0.3, -0.25) is 14.5 Å². The number of pyridine rings is 1. The summed E-state index contributed by atoms with van der Waals surface area (Å²) in [5.41, 5.74) is 1.75. The molecule has 36 heavy (non-hydrogen) atoms. The number of alkyl halides is 3. The number of amides is 2. The molecule has 0 aliphatic carbocycles. The van der Waals surface area contributed by atoms with Gasteiger partial charge in [-0.2, -0.15) is 13.2 Å². The molecule has 2 amide bonds. The van der Waals surface area contributed by atoms with E-state index in [1.165, 1.54) is 23.5 Å². The number of benzene rings is 1. The summed E-state index contributed by atoms with van der Waals surface area (Å²) in [5, 5.41) is 1.75. The molecule has 0 saturated carbocycles. The highest BCUT2D eigenvalue weighted by atomic mass is 32.1. The van der Waals surface area contributed by atoms with E-state index >= 15 is 0 Å². The van der Waals surface area contributed by atoms with Gasteiger partial charge in [-0.15, -0.1) is 11.3 Å². The molecule has 8 nitrogen and oxygen atoms in total. The maximum Gasteiger partial charge on any atom is 0.416 e. The Morgan fingerprint density at radius 1 is 0.944 bits per heavy atom. The number of hydrogen-bond acceptors (Lipinski definition) is 7. The summed E-state index contributed by atoms with van der Waals surface area (Å²) in [6, 6.07) is 8.18. The van der Waals surface area contributed by atoms with E-state index in [0.29, 0.717) is 37.4 Å². The maximum atomic E-state index is 12.9. The first-order chi connectivity index (χ1) is 17.3. The van der Waals surface area contributed by atoms with Crippen LogP contribution in [0.1, 0.15) is 26.4 Å². The summed E-state index contributed by atoms with van der Waals surface area (Å²) in [7, 11) is 0. The zero-order chi connectivity index (χ0) is 25.3. The SMILES string of the molecule is O=C(c1ccc(Oc2cc(C(F)(F)F)ccn2)cc1)N1CC(N2CCN(C(=O)c3cscn3)CC2)C1. The van der Waals surface area contributed by atoms with E-state index in [9.17, 15) is 22.8 Å². The lowest BCUT2D eigenvalue weighted by Gasteiger charge is -2.48. The van der Waals surface area contributed by atoms with Crippen LogP contribution >= 0.6 is 11.3 Å². The monoisotopic (exact) mass is 517 g/mol. The molecule has 5 rings (SSSR count). The van der Waals surface area contributed by atoms with Crippen LogP contribution in [-0.4, -0.2) is 81.8 Å². The van der Waals surface area contributed by atoms with Crippen molar-refractivity contribution in [2.24, 2.45) is 0 Å². The summed E-state index contributed by atoms with van der Waals surface area (Å²) in [6.07, 6.45) is -3.45. The molecule has 0 spiro atoms. The molecule has 1 aromatic carbocycles. The Bertz CT molecular complexity index is 1220. The molecular weight excluding hydrogens is 495 g/mol. The highest BCUT2D eigenvalue weighted by Crippen LogP contribution is 2.31. The van der Waals surface area contributed by atoms with Crippen molar-refractivity contribution in [3.8, 4) is 11.6 Å². The molecule has 0 bridgehead atoms. The number of likely N-dealkylation sites (tertiary alicyclic amines) is 1. The van der Waals surface area contributed by atoms with Crippen LogP contribution in [0.2, 0.25) is 0 Å². The molecule has 0 unspecified atom stereocenters. The van der Waals surface area contributed by atoms with E-state index in [1.54, 1.807) is 27.9 Å². The number of rotatable bonds is 5. The van der Waals surface area contributed by atoms with Gasteiger partial charge in [0.25, 0.3) is 11.8 Å². The van der Waals surface area contributed by atoms with Crippen LogP contribution in [-0.2, 0) is 6.18 Å². The molecule has 2 aromatic heterocycles. The first kappa shape index (κ1) is 24.2. The molecule has 2 aliphatic heterocycles. The number of hydrogen-bond donors (Lipinski definition) is 0. The van der Waals surface area contributed by atoms with Crippen LogP contribution < -0.4 is 4.74 Å².